The summed E-state index contributed by atoms with van der Waals surface area (Å²) in [6.07, 6.45) is 0.184. The van der Waals surface area contributed by atoms with Crippen LogP contribution >= 0.6 is 0 Å². The van der Waals surface area contributed by atoms with Gasteiger partial charge in [0, 0.05) is 13.5 Å². The van der Waals surface area contributed by atoms with Crippen LogP contribution < -0.4 is 4.90 Å². The monoisotopic (exact) mass is 225 g/mol. The number of carboxylic acid groups (broad SMARTS) is 1. The van der Waals surface area contributed by atoms with Gasteiger partial charge < -0.3 is 10.0 Å². The van der Waals surface area contributed by atoms with E-state index in [1.807, 2.05) is 0 Å². The number of rotatable bonds is 3. The predicted molar refractivity (Wildman–Crippen MR) is 57.1 cm³/mol. The lowest BCUT2D eigenvalue weighted by Gasteiger charge is -2.19. The first-order valence-electron chi connectivity index (χ1n) is 4.77. The van der Waals surface area contributed by atoms with E-state index in [2.05, 4.69) is 0 Å². The number of hydrogen-bond acceptors (Lipinski definition) is 2. The molecule has 0 saturated carbocycles. The summed E-state index contributed by atoms with van der Waals surface area (Å²) in [6.45, 7) is 1.63. The molecule has 0 spiro atoms. The van der Waals surface area contributed by atoms with E-state index in [1.54, 1.807) is 6.92 Å². The van der Waals surface area contributed by atoms with Crippen molar-refractivity contribution in [3.63, 3.8) is 0 Å². The Morgan fingerprint density at radius 1 is 1.44 bits per heavy atom. The highest BCUT2D eigenvalue weighted by Gasteiger charge is 2.20. The van der Waals surface area contributed by atoms with Gasteiger partial charge in [0.05, 0.1) is 11.3 Å². The molecule has 1 N–H and O–H groups in total. The van der Waals surface area contributed by atoms with Crippen molar-refractivity contribution < 1.29 is 19.1 Å². The number of aromatic carboxylic acids is 1. The minimum absolute atomic E-state index is 0.184. The number of benzene rings is 1. The van der Waals surface area contributed by atoms with Gasteiger partial charge in [-0.2, -0.15) is 0 Å². The fourth-order valence-electron chi connectivity index (χ4n) is 1.39. The summed E-state index contributed by atoms with van der Waals surface area (Å²) in [5.41, 5.74) is -0.411. The van der Waals surface area contributed by atoms with Crippen molar-refractivity contribution in [3.8, 4) is 0 Å². The Morgan fingerprint density at radius 3 is 2.56 bits per heavy atom. The van der Waals surface area contributed by atoms with Gasteiger partial charge in [0.15, 0.2) is 0 Å². The first-order valence-corrected chi connectivity index (χ1v) is 4.77. The summed E-state index contributed by atoms with van der Waals surface area (Å²) in [5, 5.41) is 8.89. The lowest BCUT2D eigenvalue weighted by Crippen LogP contribution is -2.28. The molecule has 0 fully saturated rings. The van der Waals surface area contributed by atoms with E-state index in [4.69, 9.17) is 5.11 Å². The maximum Gasteiger partial charge on any atom is 0.337 e. The Kier molecular flexibility index (Phi) is 3.60. The Morgan fingerprint density at radius 2 is 2.06 bits per heavy atom. The molecule has 0 unspecified atom stereocenters. The standard InChI is InChI=1S/C11H12FNO3/c1-3-9(14)13(2)10-7(11(15)16)5-4-6-8(10)12/h4-6H,3H2,1-2H3,(H,15,16). The van der Waals surface area contributed by atoms with Gasteiger partial charge in [0.1, 0.15) is 5.82 Å². The van der Waals surface area contributed by atoms with Crippen LogP contribution in [0, 0.1) is 5.82 Å². The van der Waals surface area contributed by atoms with Crippen LogP contribution in [-0.2, 0) is 4.79 Å². The van der Waals surface area contributed by atoms with Crippen molar-refractivity contribution in [2.45, 2.75) is 13.3 Å². The number of anilines is 1. The quantitative estimate of drug-likeness (QED) is 0.854. The highest BCUT2D eigenvalue weighted by atomic mass is 19.1. The van der Waals surface area contributed by atoms with Crippen molar-refractivity contribution >= 4 is 17.6 Å². The van der Waals surface area contributed by atoms with Gasteiger partial charge >= 0.3 is 5.97 Å². The van der Waals surface area contributed by atoms with E-state index in [0.29, 0.717) is 0 Å². The van der Waals surface area contributed by atoms with Crippen LogP contribution in [0.25, 0.3) is 0 Å². The van der Waals surface area contributed by atoms with Gasteiger partial charge in [0.25, 0.3) is 0 Å². The normalized spacial score (nSPS) is 9.94. The fourth-order valence-corrected chi connectivity index (χ4v) is 1.39. The molecule has 0 atom stereocenters. The van der Waals surface area contributed by atoms with E-state index in [-0.39, 0.29) is 23.6 Å². The van der Waals surface area contributed by atoms with Gasteiger partial charge in [-0.05, 0) is 12.1 Å². The summed E-state index contributed by atoms with van der Waals surface area (Å²) in [5.74, 6) is -2.32. The van der Waals surface area contributed by atoms with Gasteiger partial charge in [-0.1, -0.05) is 13.0 Å². The fraction of sp³-hybridized carbons (Fsp3) is 0.273. The smallest absolute Gasteiger partial charge is 0.337 e. The minimum Gasteiger partial charge on any atom is -0.478 e. The first-order chi connectivity index (χ1) is 7.49. The molecule has 1 aromatic rings. The molecule has 0 aliphatic heterocycles. The molecule has 5 heteroatoms. The SMILES string of the molecule is CCC(=O)N(C)c1c(F)cccc1C(=O)O. The summed E-state index contributed by atoms with van der Waals surface area (Å²) in [4.78, 5) is 23.3. The highest BCUT2D eigenvalue weighted by Crippen LogP contribution is 2.24. The van der Waals surface area contributed by atoms with Crippen LogP contribution in [0.15, 0.2) is 18.2 Å². The summed E-state index contributed by atoms with van der Waals surface area (Å²) in [7, 11) is 1.36. The van der Waals surface area contributed by atoms with Crippen LogP contribution in [0.3, 0.4) is 0 Å². The molecule has 1 rings (SSSR count). The highest BCUT2D eigenvalue weighted by molar-refractivity contribution is 6.01. The lowest BCUT2D eigenvalue weighted by molar-refractivity contribution is -0.118. The molecule has 0 saturated heterocycles. The molecular formula is C11H12FNO3. The Hall–Kier alpha value is -1.91. The third-order valence-electron chi connectivity index (χ3n) is 2.23. The molecule has 0 radical (unpaired) electrons. The molecule has 0 bridgehead atoms. The minimum atomic E-state index is -1.26. The second-order valence-corrected chi connectivity index (χ2v) is 3.25. The molecule has 0 aliphatic carbocycles. The third kappa shape index (κ3) is 2.18. The largest absolute Gasteiger partial charge is 0.478 e. The van der Waals surface area contributed by atoms with E-state index >= 15 is 0 Å². The lowest BCUT2D eigenvalue weighted by atomic mass is 10.1. The predicted octanol–water partition coefficient (Wildman–Crippen LogP) is 1.90. The number of carboxylic acids is 1. The second kappa shape index (κ2) is 4.74. The van der Waals surface area contributed by atoms with Gasteiger partial charge in [0.2, 0.25) is 5.91 Å². The van der Waals surface area contributed by atoms with Crippen LogP contribution in [0.1, 0.15) is 23.7 Å². The summed E-state index contributed by atoms with van der Waals surface area (Å²) >= 11 is 0. The Labute approximate surface area is 92.3 Å². The van der Waals surface area contributed by atoms with Crippen molar-refractivity contribution in [1.82, 2.24) is 0 Å². The Balaban J connectivity index is 3.30. The Bertz CT molecular complexity index is 431. The second-order valence-electron chi connectivity index (χ2n) is 3.25. The number of halogens is 1. The summed E-state index contributed by atoms with van der Waals surface area (Å²) < 4.78 is 13.5. The maximum absolute atomic E-state index is 13.5. The van der Waals surface area contributed by atoms with Crippen molar-refractivity contribution in [2.24, 2.45) is 0 Å². The zero-order valence-electron chi connectivity index (χ0n) is 9.03. The number of carbonyl (C=O) groups excluding carboxylic acids is 1. The topological polar surface area (TPSA) is 57.6 Å². The number of carbonyl (C=O) groups is 2. The first kappa shape index (κ1) is 12.2. The van der Waals surface area contributed by atoms with E-state index in [9.17, 15) is 14.0 Å². The number of para-hydroxylation sites is 1. The van der Waals surface area contributed by atoms with Crippen molar-refractivity contribution in [2.75, 3.05) is 11.9 Å². The molecule has 0 heterocycles. The number of amides is 1. The maximum atomic E-state index is 13.5. The van der Waals surface area contributed by atoms with E-state index in [0.717, 1.165) is 11.0 Å². The molecule has 0 aromatic heterocycles. The van der Waals surface area contributed by atoms with Crippen LogP contribution in [-0.4, -0.2) is 24.0 Å². The van der Waals surface area contributed by atoms with Crippen LogP contribution in [0.4, 0.5) is 10.1 Å². The van der Waals surface area contributed by atoms with Crippen molar-refractivity contribution in [1.29, 1.82) is 0 Å². The molecule has 1 aromatic carbocycles. The van der Waals surface area contributed by atoms with Crippen LogP contribution in [0.5, 0.6) is 0 Å². The average Bonchev–Trinajstić information content (AvgIpc) is 2.26. The number of nitrogens with zero attached hydrogens (tertiary/aromatic N) is 1. The third-order valence-corrected chi connectivity index (χ3v) is 2.23. The van der Waals surface area contributed by atoms with Gasteiger partial charge in [-0.3, -0.25) is 4.79 Å². The average molecular weight is 225 g/mol. The van der Waals surface area contributed by atoms with Gasteiger partial charge in [-0.15, -0.1) is 0 Å². The summed E-state index contributed by atoms with van der Waals surface area (Å²) in [6, 6.07) is 3.69. The van der Waals surface area contributed by atoms with Gasteiger partial charge in [-0.25, -0.2) is 9.18 Å². The molecule has 16 heavy (non-hydrogen) atoms. The molecule has 1 amide bonds. The zero-order valence-corrected chi connectivity index (χ0v) is 9.03. The molecule has 86 valence electrons. The zero-order chi connectivity index (χ0) is 12.3. The number of hydrogen-bond donors (Lipinski definition) is 1. The molecular weight excluding hydrogens is 213 g/mol. The van der Waals surface area contributed by atoms with Crippen molar-refractivity contribution in [3.05, 3.63) is 29.6 Å². The molecule has 4 nitrogen and oxygen atoms in total. The van der Waals surface area contributed by atoms with E-state index in [1.165, 1.54) is 19.2 Å². The van der Waals surface area contributed by atoms with Crippen LogP contribution in [0.2, 0.25) is 0 Å². The molecule has 0 aliphatic rings. The van der Waals surface area contributed by atoms with E-state index < -0.39 is 11.8 Å².